The van der Waals surface area contributed by atoms with Gasteiger partial charge in [-0.15, -0.1) is 11.3 Å². The summed E-state index contributed by atoms with van der Waals surface area (Å²) in [5, 5.41) is 5.16. The maximum absolute atomic E-state index is 12.6. The molecule has 0 radical (unpaired) electrons. The summed E-state index contributed by atoms with van der Waals surface area (Å²) in [4.78, 5) is 42.1. The maximum atomic E-state index is 12.6. The van der Waals surface area contributed by atoms with Crippen molar-refractivity contribution in [1.82, 2.24) is 15.6 Å². The third-order valence-corrected chi connectivity index (χ3v) is 5.70. The van der Waals surface area contributed by atoms with Crippen molar-refractivity contribution in [2.24, 2.45) is 0 Å². The number of amides is 2. The second kappa shape index (κ2) is 10.7. The second-order valence-electron chi connectivity index (χ2n) is 7.41. The van der Waals surface area contributed by atoms with Crippen molar-refractivity contribution < 1.29 is 23.9 Å². The molecular weight excluding hydrogens is 430 g/mol. The molecule has 1 aromatic carbocycles. The van der Waals surface area contributed by atoms with Crippen molar-refractivity contribution in [3.8, 4) is 0 Å². The van der Waals surface area contributed by atoms with Crippen LogP contribution in [0.5, 0.6) is 0 Å². The van der Waals surface area contributed by atoms with E-state index in [2.05, 4.69) is 15.6 Å². The summed E-state index contributed by atoms with van der Waals surface area (Å²) < 4.78 is 11.3. The molecule has 0 aliphatic rings. The minimum Gasteiger partial charge on any atom is -0.461 e. The van der Waals surface area contributed by atoms with Gasteiger partial charge in [-0.3, -0.25) is 9.78 Å². The van der Waals surface area contributed by atoms with Gasteiger partial charge in [0.25, 0.3) is 5.91 Å². The van der Waals surface area contributed by atoms with E-state index in [1.54, 1.807) is 26.1 Å². The zero-order valence-corrected chi connectivity index (χ0v) is 18.9. The van der Waals surface area contributed by atoms with E-state index in [-0.39, 0.29) is 25.2 Å². The molecule has 2 heterocycles. The Morgan fingerprint density at radius 3 is 2.56 bits per heavy atom. The van der Waals surface area contributed by atoms with E-state index in [0.29, 0.717) is 4.88 Å². The molecule has 168 valence electrons. The largest absolute Gasteiger partial charge is 0.461 e. The number of hydrogen-bond acceptors (Lipinski definition) is 7. The predicted octanol–water partition coefficient (Wildman–Crippen LogP) is 3.58. The Morgan fingerprint density at radius 1 is 1.12 bits per heavy atom. The number of esters is 1. The van der Waals surface area contributed by atoms with E-state index >= 15 is 0 Å². The van der Waals surface area contributed by atoms with Gasteiger partial charge in [0, 0.05) is 12.7 Å². The molecule has 9 heteroatoms. The molecule has 0 bridgehead atoms. The van der Waals surface area contributed by atoms with E-state index in [1.165, 1.54) is 11.3 Å². The van der Waals surface area contributed by atoms with Crippen molar-refractivity contribution in [3.63, 3.8) is 0 Å². The quantitative estimate of drug-likeness (QED) is 0.503. The number of aryl methyl sites for hydroxylation is 1. The molecule has 0 fully saturated rings. The molecule has 8 nitrogen and oxygen atoms in total. The summed E-state index contributed by atoms with van der Waals surface area (Å²) in [6.07, 6.45) is 0.532. The van der Waals surface area contributed by atoms with E-state index in [0.717, 1.165) is 21.3 Å². The summed E-state index contributed by atoms with van der Waals surface area (Å²) >= 11 is 1.32. The number of pyridine rings is 1. The molecule has 0 aliphatic heterocycles. The first kappa shape index (κ1) is 23.2. The Bertz CT molecular complexity index is 1100. The highest BCUT2D eigenvalue weighted by atomic mass is 32.1. The summed E-state index contributed by atoms with van der Waals surface area (Å²) in [5.41, 5.74) is 2.57. The van der Waals surface area contributed by atoms with Gasteiger partial charge in [-0.25, -0.2) is 9.59 Å². The number of nitrogens with zero attached hydrogens (tertiary/aromatic N) is 1. The number of ether oxygens (including phenoxy) is 2. The van der Waals surface area contributed by atoms with E-state index in [9.17, 15) is 14.4 Å². The fourth-order valence-electron chi connectivity index (χ4n) is 2.87. The van der Waals surface area contributed by atoms with Gasteiger partial charge in [0.2, 0.25) is 0 Å². The van der Waals surface area contributed by atoms with Crippen LogP contribution in [0.1, 0.15) is 34.6 Å². The van der Waals surface area contributed by atoms with Crippen LogP contribution in [0, 0.1) is 6.92 Å². The molecule has 0 saturated carbocycles. The SMILES string of the molecule is Cc1ccnc2cc(C(=O)NC[C@@H](NC(=O)OCc3ccccc3)C(=O)OC(C)C)sc12. The lowest BCUT2D eigenvalue weighted by Crippen LogP contribution is -2.49. The number of rotatable bonds is 8. The monoisotopic (exact) mass is 455 g/mol. The Kier molecular flexibility index (Phi) is 7.77. The summed E-state index contributed by atoms with van der Waals surface area (Å²) in [6, 6.07) is 11.6. The van der Waals surface area contributed by atoms with Gasteiger partial charge in [-0.2, -0.15) is 0 Å². The Morgan fingerprint density at radius 2 is 1.88 bits per heavy atom. The Hall–Kier alpha value is -3.46. The number of alkyl carbamates (subject to hydrolysis) is 1. The van der Waals surface area contributed by atoms with Crippen LogP contribution < -0.4 is 10.6 Å². The highest BCUT2D eigenvalue weighted by Crippen LogP contribution is 2.26. The normalized spacial score (nSPS) is 11.8. The van der Waals surface area contributed by atoms with Gasteiger partial charge >= 0.3 is 12.1 Å². The molecular formula is C23H25N3O5S. The predicted molar refractivity (Wildman–Crippen MR) is 121 cm³/mol. The van der Waals surface area contributed by atoms with E-state index < -0.39 is 18.1 Å². The molecule has 3 aromatic rings. The fraction of sp³-hybridized carbons (Fsp3) is 0.304. The highest BCUT2D eigenvalue weighted by molar-refractivity contribution is 7.21. The topological polar surface area (TPSA) is 107 Å². The number of carbonyl (C=O) groups is 3. The van der Waals surface area contributed by atoms with Crippen LogP contribution in [0.25, 0.3) is 10.2 Å². The second-order valence-corrected chi connectivity index (χ2v) is 8.46. The standard InChI is InChI=1S/C23H25N3O5S/c1-14(2)31-22(28)18(26-23(29)30-13-16-7-5-4-6-8-16)12-25-21(27)19-11-17-20(32-19)15(3)9-10-24-17/h4-11,14,18H,12-13H2,1-3H3,(H,25,27)(H,26,29)/t18-/m1/s1. The number of hydrogen-bond donors (Lipinski definition) is 2. The molecule has 3 rings (SSSR count). The van der Waals surface area contributed by atoms with Crippen LogP contribution in [-0.2, 0) is 20.9 Å². The molecule has 2 amide bonds. The van der Waals surface area contributed by atoms with Crippen molar-refractivity contribution >= 4 is 39.5 Å². The molecule has 2 aromatic heterocycles. The smallest absolute Gasteiger partial charge is 0.408 e. The number of aromatic nitrogens is 1. The van der Waals surface area contributed by atoms with Gasteiger partial charge in [-0.05, 0) is 44.0 Å². The summed E-state index contributed by atoms with van der Waals surface area (Å²) in [5.74, 6) is -1.03. The first-order chi connectivity index (χ1) is 15.3. The van der Waals surface area contributed by atoms with Crippen LogP contribution >= 0.6 is 11.3 Å². The Balaban J connectivity index is 1.62. The third-order valence-electron chi connectivity index (χ3n) is 4.44. The average molecular weight is 456 g/mol. The average Bonchev–Trinajstić information content (AvgIpc) is 3.21. The Labute approximate surface area is 189 Å². The molecule has 2 N–H and O–H groups in total. The highest BCUT2D eigenvalue weighted by Gasteiger charge is 2.25. The first-order valence-electron chi connectivity index (χ1n) is 10.1. The van der Waals surface area contributed by atoms with E-state index in [4.69, 9.17) is 9.47 Å². The zero-order chi connectivity index (χ0) is 23.1. The molecule has 32 heavy (non-hydrogen) atoms. The fourth-order valence-corrected chi connectivity index (χ4v) is 3.87. The lowest BCUT2D eigenvalue weighted by molar-refractivity contribution is -0.149. The van der Waals surface area contributed by atoms with Crippen molar-refractivity contribution in [3.05, 3.63) is 64.7 Å². The molecule has 0 unspecified atom stereocenters. The van der Waals surface area contributed by atoms with Gasteiger partial charge < -0.3 is 20.1 Å². The summed E-state index contributed by atoms with van der Waals surface area (Å²) in [7, 11) is 0. The third kappa shape index (κ3) is 6.27. The number of thiophene rings is 1. The van der Waals surface area contributed by atoms with Gasteiger partial charge in [0.15, 0.2) is 0 Å². The van der Waals surface area contributed by atoms with Crippen molar-refractivity contribution in [2.75, 3.05) is 6.54 Å². The minimum atomic E-state index is -1.10. The van der Waals surface area contributed by atoms with E-state index in [1.807, 2.05) is 43.3 Å². The van der Waals surface area contributed by atoms with Gasteiger partial charge in [0.1, 0.15) is 12.6 Å². The van der Waals surface area contributed by atoms with Crippen molar-refractivity contribution in [1.29, 1.82) is 0 Å². The minimum absolute atomic E-state index is 0.0547. The maximum Gasteiger partial charge on any atom is 0.408 e. The lowest BCUT2D eigenvalue weighted by Gasteiger charge is -2.19. The van der Waals surface area contributed by atoms with Crippen LogP contribution in [0.15, 0.2) is 48.7 Å². The molecule has 0 spiro atoms. The zero-order valence-electron chi connectivity index (χ0n) is 18.1. The van der Waals surface area contributed by atoms with Gasteiger partial charge in [-0.1, -0.05) is 30.3 Å². The molecule has 0 aliphatic carbocycles. The van der Waals surface area contributed by atoms with Crippen molar-refractivity contribution in [2.45, 2.75) is 39.5 Å². The number of fused-ring (bicyclic) bond motifs is 1. The summed E-state index contributed by atoms with van der Waals surface area (Å²) in [6.45, 7) is 5.26. The number of nitrogens with one attached hydrogen (secondary N) is 2. The first-order valence-corrected chi connectivity index (χ1v) is 11.0. The molecule has 0 saturated heterocycles. The number of carbonyl (C=O) groups excluding carboxylic acids is 3. The van der Waals surface area contributed by atoms with Crippen LogP contribution in [0.3, 0.4) is 0 Å². The van der Waals surface area contributed by atoms with Crippen LogP contribution in [0.2, 0.25) is 0 Å². The number of benzene rings is 1. The van der Waals surface area contributed by atoms with Crippen LogP contribution in [-0.4, -0.2) is 41.6 Å². The lowest BCUT2D eigenvalue weighted by atomic mass is 10.2. The van der Waals surface area contributed by atoms with Crippen LogP contribution in [0.4, 0.5) is 4.79 Å². The molecule has 1 atom stereocenters. The van der Waals surface area contributed by atoms with Gasteiger partial charge in [0.05, 0.1) is 21.2 Å².